The summed E-state index contributed by atoms with van der Waals surface area (Å²) in [5.41, 5.74) is 2.94. The molecule has 3 rings (SSSR count). The van der Waals surface area contributed by atoms with E-state index in [4.69, 9.17) is 4.74 Å². The SMILES string of the molecule is CN1CCOc2ccc(NC(=O)Nc3ccc(C(C)(C)C)cc3)cc2C1=O. The molecule has 0 saturated heterocycles. The van der Waals surface area contributed by atoms with Crippen molar-refractivity contribution < 1.29 is 14.3 Å². The molecule has 0 radical (unpaired) electrons. The fraction of sp³-hybridized carbons (Fsp3) is 0.333. The molecule has 1 heterocycles. The Kier molecular flexibility index (Phi) is 5.08. The zero-order valence-electron chi connectivity index (χ0n) is 16.1. The molecule has 0 atom stereocenters. The number of ether oxygens (including phenoxy) is 1. The summed E-state index contributed by atoms with van der Waals surface area (Å²) in [4.78, 5) is 26.3. The van der Waals surface area contributed by atoms with Crippen LogP contribution < -0.4 is 15.4 Å². The molecule has 1 aliphatic rings. The van der Waals surface area contributed by atoms with Gasteiger partial charge in [-0.25, -0.2) is 4.79 Å². The Morgan fingerprint density at radius 3 is 2.33 bits per heavy atom. The molecule has 0 aromatic heterocycles. The number of fused-ring (bicyclic) bond motifs is 1. The first kappa shape index (κ1) is 18.8. The molecule has 0 bridgehead atoms. The Morgan fingerprint density at radius 1 is 1.04 bits per heavy atom. The second-order valence-electron chi connectivity index (χ2n) is 7.69. The molecule has 6 nitrogen and oxygen atoms in total. The van der Waals surface area contributed by atoms with Crippen molar-refractivity contribution in [1.82, 2.24) is 4.90 Å². The number of carbonyl (C=O) groups excluding carboxylic acids is 2. The molecule has 27 heavy (non-hydrogen) atoms. The minimum absolute atomic E-state index is 0.0599. The molecule has 1 aliphatic heterocycles. The number of benzene rings is 2. The van der Waals surface area contributed by atoms with Gasteiger partial charge in [-0.15, -0.1) is 0 Å². The third-order valence-electron chi connectivity index (χ3n) is 4.51. The van der Waals surface area contributed by atoms with Crippen LogP contribution in [0.3, 0.4) is 0 Å². The molecule has 0 saturated carbocycles. The van der Waals surface area contributed by atoms with Gasteiger partial charge in [0.15, 0.2) is 0 Å². The number of hydrogen-bond donors (Lipinski definition) is 2. The minimum atomic E-state index is -0.367. The average Bonchev–Trinajstić information content (AvgIpc) is 2.74. The summed E-state index contributed by atoms with van der Waals surface area (Å²) < 4.78 is 5.59. The summed E-state index contributed by atoms with van der Waals surface area (Å²) >= 11 is 0. The highest BCUT2D eigenvalue weighted by Gasteiger charge is 2.21. The van der Waals surface area contributed by atoms with Gasteiger partial charge in [0.1, 0.15) is 12.4 Å². The highest BCUT2D eigenvalue weighted by molar-refractivity contribution is 6.02. The Labute approximate surface area is 159 Å². The summed E-state index contributed by atoms with van der Waals surface area (Å²) in [7, 11) is 1.73. The Bertz CT molecular complexity index is 854. The van der Waals surface area contributed by atoms with E-state index in [0.29, 0.717) is 35.8 Å². The van der Waals surface area contributed by atoms with Crippen LogP contribution in [0.4, 0.5) is 16.2 Å². The van der Waals surface area contributed by atoms with Crippen LogP contribution in [0.5, 0.6) is 5.75 Å². The largest absolute Gasteiger partial charge is 0.491 e. The number of likely N-dealkylation sites (N-methyl/N-ethyl adjacent to an activating group) is 1. The molecule has 0 spiro atoms. The third-order valence-corrected chi connectivity index (χ3v) is 4.51. The van der Waals surface area contributed by atoms with Crippen molar-refractivity contribution in [3.05, 3.63) is 53.6 Å². The van der Waals surface area contributed by atoms with Gasteiger partial charge in [-0.1, -0.05) is 32.9 Å². The average molecular weight is 367 g/mol. The molecular formula is C21H25N3O3. The van der Waals surface area contributed by atoms with E-state index >= 15 is 0 Å². The summed E-state index contributed by atoms with van der Waals surface area (Å²) in [5, 5.41) is 5.57. The molecular weight excluding hydrogens is 342 g/mol. The van der Waals surface area contributed by atoms with Gasteiger partial charge in [-0.2, -0.15) is 0 Å². The van der Waals surface area contributed by atoms with Crippen molar-refractivity contribution >= 4 is 23.3 Å². The monoisotopic (exact) mass is 367 g/mol. The highest BCUT2D eigenvalue weighted by atomic mass is 16.5. The van der Waals surface area contributed by atoms with Crippen molar-refractivity contribution in [1.29, 1.82) is 0 Å². The van der Waals surface area contributed by atoms with E-state index in [2.05, 4.69) is 31.4 Å². The molecule has 0 unspecified atom stereocenters. The summed E-state index contributed by atoms with van der Waals surface area (Å²) in [6, 6.07) is 12.5. The number of anilines is 2. The maximum Gasteiger partial charge on any atom is 0.323 e. The molecule has 0 aliphatic carbocycles. The highest BCUT2D eigenvalue weighted by Crippen LogP contribution is 2.26. The Balaban J connectivity index is 1.70. The number of rotatable bonds is 2. The molecule has 2 N–H and O–H groups in total. The van der Waals surface area contributed by atoms with E-state index in [9.17, 15) is 9.59 Å². The van der Waals surface area contributed by atoms with Gasteiger partial charge < -0.3 is 20.3 Å². The van der Waals surface area contributed by atoms with E-state index in [-0.39, 0.29) is 17.4 Å². The van der Waals surface area contributed by atoms with Gasteiger partial charge >= 0.3 is 6.03 Å². The number of urea groups is 1. The first-order valence-corrected chi connectivity index (χ1v) is 8.95. The molecule has 0 fully saturated rings. The lowest BCUT2D eigenvalue weighted by molar-refractivity contribution is 0.0796. The van der Waals surface area contributed by atoms with E-state index in [1.165, 1.54) is 5.56 Å². The van der Waals surface area contributed by atoms with Crippen LogP contribution >= 0.6 is 0 Å². The maximum absolute atomic E-state index is 12.4. The van der Waals surface area contributed by atoms with E-state index in [1.54, 1.807) is 30.1 Å². The van der Waals surface area contributed by atoms with Crippen LogP contribution in [-0.4, -0.2) is 37.0 Å². The fourth-order valence-electron chi connectivity index (χ4n) is 2.85. The van der Waals surface area contributed by atoms with Crippen molar-refractivity contribution in [2.45, 2.75) is 26.2 Å². The summed E-state index contributed by atoms with van der Waals surface area (Å²) in [5.74, 6) is 0.414. The maximum atomic E-state index is 12.4. The van der Waals surface area contributed by atoms with Gasteiger partial charge in [-0.05, 0) is 41.3 Å². The van der Waals surface area contributed by atoms with Gasteiger partial charge in [-0.3, -0.25) is 4.79 Å². The fourth-order valence-corrected chi connectivity index (χ4v) is 2.85. The lowest BCUT2D eigenvalue weighted by atomic mass is 9.87. The zero-order chi connectivity index (χ0) is 19.6. The van der Waals surface area contributed by atoms with Crippen molar-refractivity contribution in [2.24, 2.45) is 0 Å². The predicted octanol–water partition coefficient (Wildman–Crippen LogP) is 4.09. The van der Waals surface area contributed by atoms with E-state index < -0.39 is 0 Å². The van der Waals surface area contributed by atoms with Gasteiger partial charge in [0.05, 0.1) is 12.1 Å². The molecule has 3 amide bonds. The van der Waals surface area contributed by atoms with Crippen molar-refractivity contribution in [3.63, 3.8) is 0 Å². The predicted molar refractivity (Wildman–Crippen MR) is 107 cm³/mol. The zero-order valence-corrected chi connectivity index (χ0v) is 16.1. The molecule has 2 aromatic carbocycles. The minimum Gasteiger partial charge on any atom is -0.491 e. The lowest BCUT2D eigenvalue weighted by Gasteiger charge is -2.19. The standard InChI is InChI=1S/C21H25N3O3/c1-21(2,3)14-5-7-15(8-6-14)22-20(26)23-16-9-10-18-17(13-16)19(25)24(4)11-12-27-18/h5-10,13H,11-12H2,1-4H3,(H2,22,23,26). The third kappa shape index (κ3) is 4.39. The first-order chi connectivity index (χ1) is 12.7. The number of hydrogen-bond acceptors (Lipinski definition) is 3. The Hall–Kier alpha value is -3.02. The Morgan fingerprint density at radius 2 is 1.67 bits per heavy atom. The summed E-state index contributed by atoms with van der Waals surface area (Å²) in [6.45, 7) is 7.41. The van der Waals surface area contributed by atoms with Gasteiger partial charge in [0.2, 0.25) is 0 Å². The number of amides is 3. The number of nitrogens with one attached hydrogen (secondary N) is 2. The van der Waals surface area contributed by atoms with Gasteiger partial charge in [0.25, 0.3) is 5.91 Å². The van der Waals surface area contributed by atoms with E-state index in [0.717, 1.165) is 0 Å². The van der Waals surface area contributed by atoms with Crippen LogP contribution in [-0.2, 0) is 5.41 Å². The van der Waals surface area contributed by atoms with Crippen LogP contribution in [0.25, 0.3) is 0 Å². The second-order valence-corrected chi connectivity index (χ2v) is 7.69. The van der Waals surface area contributed by atoms with Crippen LogP contribution in [0.15, 0.2) is 42.5 Å². The second kappa shape index (κ2) is 7.31. The van der Waals surface area contributed by atoms with Crippen LogP contribution in [0.1, 0.15) is 36.7 Å². The quantitative estimate of drug-likeness (QED) is 0.840. The molecule has 2 aromatic rings. The lowest BCUT2D eigenvalue weighted by Crippen LogP contribution is -2.28. The van der Waals surface area contributed by atoms with E-state index in [1.807, 2.05) is 24.3 Å². The molecule has 142 valence electrons. The van der Waals surface area contributed by atoms with Crippen molar-refractivity contribution in [2.75, 3.05) is 30.8 Å². The number of nitrogens with zero attached hydrogens (tertiary/aromatic N) is 1. The first-order valence-electron chi connectivity index (χ1n) is 8.95. The normalized spacial score (nSPS) is 14.1. The smallest absolute Gasteiger partial charge is 0.323 e. The number of carbonyl (C=O) groups is 2. The van der Waals surface area contributed by atoms with Gasteiger partial charge in [0, 0.05) is 18.4 Å². The van der Waals surface area contributed by atoms with Crippen LogP contribution in [0.2, 0.25) is 0 Å². The van der Waals surface area contributed by atoms with Crippen LogP contribution in [0, 0.1) is 0 Å². The topological polar surface area (TPSA) is 70.7 Å². The molecule has 6 heteroatoms. The van der Waals surface area contributed by atoms with Crippen molar-refractivity contribution in [3.8, 4) is 5.75 Å². The summed E-state index contributed by atoms with van der Waals surface area (Å²) in [6.07, 6.45) is 0.